The van der Waals surface area contributed by atoms with Gasteiger partial charge in [-0.3, -0.25) is 9.36 Å². The van der Waals surface area contributed by atoms with Gasteiger partial charge in [0.2, 0.25) is 0 Å². The molecule has 1 aromatic heterocycles. The molecule has 3 saturated carbocycles. The Morgan fingerprint density at radius 3 is 2.50 bits per heavy atom. The van der Waals surface area contributed by atoms with Crippen LogP contribution in [-0.2, 0) is 13.0 Å². The Balaban J connectivity index is 1.24. The number of aromatic nitrogens is 2. The van der Waals surface area contributed by atoms with E-state index >= 15 is 0 Å². The minimum absolute atomic E-state index is 0.0536. The quantitative estimate of drug-likeness (QED) is 0.238. The van der Waals surface area contributed by atoms with Gasteiger partial charge in [-0.25, -0.2) is 9.98 Å². The number of aliphatic imine (C=N–C) groups is 1. The van der Waals surface area contributed by atoms with Crippen LogP contribution in [0.15, 0.2) is 52.5 Å². The molecule has 6 nitrogen and oxygen atoms in total. The van der Waals surface area contributed by atoms with Gasteiger partial charge in [-0.1, -0.05) is 63.9 Å². The summed E-state index contributed by atoms with van der Waals surface area (Å²) in [4.78, 5) is 25.9. The maximum absolute atomic E-state index is 13.3. The van der Waals surface area contributed by atoms with Crippen LogP contribution in [0.2, 0.25) is 10.0 Å². The highest BCUT2D eigenvalue weighted by atomic mass is 35.5. The molecular formula is C34H43Cl2N5O. The van der Waals surface area contributed by atoms with Crippen molar-refractivity contribution in [3.63, 3.8) is 0 Å². The van der Waals surface area contributed by atoms with E-state index < -0.39 is 0 Å². The molecule has 224 valence electrons. The molecule has 6 atom stereocenters. The summed E-state index contributed by atoms with van der Waals surface area (Å²) < 4.78 is 1.65. The van der Waals surface area contributed by atoms with Gasteiger partial charge in [-0.15, -0.1) is 0 Å². The van der Waals surface area contributed by atoms with Crippen LogP contribution in [0.5, 0.6) is 0 Å². The fourth-order valence-electron chi connectivity index (χ4n) is 7.97. The first-order valence-corrected chi connectivity index (χ1v) is 16.3. The van der Waals surface area contributed by atoms with Gasteiger partial charge in [0.1, 0.15) is 0 Å². The molecule has 1 N–H and O–H groups in total. The van der Waals surface area contributed by atoms with Crippen LogP contribution in [-0.4, -0.2) is 39.5 Å². The molecule has 0 radical (unpaired) electrons. The number of aryl methyl sites for hydroxylation is 2. The van der Waals surface area contributed by atoms with Gasteiger partial charge < -0.3 is 10.2 Å². The minimum atomic E-state index is -0.0536. The number of guanidine groups is 1. The fourth-order valence-corrected chi connectivity index (χ4v) is 8.47. The highest BCUT2D eigenvalue weighted by Gasteiger charge is 2.56. The second-order valence-corrected chi connectivity index (χ2v) is 14.8. The average Bonchev–Trinajstić information content (AvgIpc) is 2.93. The standard InChI is InChI=1S/C34H43Cl2N5O/c1-20-12-21(2)18-41(17-20)33(39-30-14-24-13-28(22(30)3)34(24,4)5)38-26-8-9-27-31(16-26)37-19-40(32(27)42)11-10-23-6-7-25(35)15-29(23)36/h6-9,15-16,19-22,24,28,30H,10-14,17-18H2,1-5H3,(H,38,39)/t20-,21+,22-,24-,28-,30+/m1/s1. The third-order valence-electron chi connectivity index (χ3n) is 10.5. The maximum atomic E-state index is 13.3. The summed E-state index contributed by atoms with van der Waals surface area (Å²) in [6, 6.07) is 11.6. The minimum Gasteiger partial charge on any atom is -0.342 e. The summed E-state index contributed by atoms with van der Waals surface area (Å²) in [5.74, 6) is 4.29. The van der Waals surface area contributed by atoms with Crippen molar-refractivity contribution in [1.82, 2.24) is 14.5 Å². The van der Waals surface area contributed by atoms with Gasteiger partial charge in [-0.2, -0.15) is 0 Å². The average molecular weight is 609 g/mol. The summed E-state index contributed by atoms with van der Waals surface area (Å²) >= 11 is 12.4. The lowest BCUT2D eigenvalue weighted by Gasteiger charge is -2.61. The number of rotatable bonds is 5. The number of halogens is 2. The monoisotopic (exact) mass is 607 g/mol. The first-order valence-electron chi connectivity index (χ1n) is 15.5. The Labute approximate surface area is 259 Å². The number of benzene rings is 2. The topological polar surface area (TPSA) is 62.5 Å². The molecule has 2 aromatic carbocycles. The Kier molecular flexibility index (Phi) is 8.08. The van der Waals surface area contributed by atoms with Gasteiger partial charge in [0, 0.05) is 35.4 Å². The van der Waals surface area contributed by atoms with Crippen molar-refractivity contribution in [3.8, 4) is 0 Å². The predicted molar refractivity (Wildman–Crippen MR) is 175 cm³/mol. The molecular weight excluding hydrogens is 565 g/mol. The summed E-state index contributed by atoms with van der Waals surface area (Å²) in [5, 5.41) is 5.51. The van der Waals surface area contributed by atoms with E-state index in [0.29, 0.717) is 63.1 Å². The largest absolute Gasteiger partial charge is 0.342 e. The second kappa shape index (κ2) is 11.5. The van der Waals surface area contributed by atoms with Gasteiger partial charge in [0.25, 0.3) is 5.56 Å². The normalized spacial score (nSPS) is 28.9. The van der Waals surface area contributed by atoms with E-state index in [9.17, 15) is 4.79 Å². The molecule has 4 fully saturated rings. The van der Waals surface area contributed by atoms with E-state index in [2.05, 4.69) is 49.8 Å². The number of fused-ring (bicyclic) bond motifs is 3. The number of hydrogen-bond acceptors (Lipinski definition) is 3. The van der Waals surface area contributed by atoms with Crippen molar-refractivity contribution < 1.29 is 0 Å². The van der Waals surface area contributed by atoms with Crippen molar-refractivity contribution in [1.29, 1.82) is 0 Å². The van der Waals surface area contributed by atoms with E-state index in [1.165, 1.54) is 12.8 Å². The molecule has 0 spiro atoms. The van der Waals surface area contributed by atoms with Crippen molar-refractivity contribution in [2.24, 2.45) is 40.0 Å². The van der Waals surface area contributed by atoms with Crippen LogP contribution in [0.3, 0.4) is 0 Å². The van der Waals surface area contributed by atoms with Crippen molar-refractivity contribution in [2.45, 2.75) is 72.9 Å². The molecule has 0 unspecified atom stereocenters. The first kappa shape index (κ1) is 29.5. The number of piperidine rings is 1. The molecule has 1 aliphatic heterocycles. The summed E-state index contributed by atoms with van der Waals surface area (Å²) in [5.41, 5.74) is 2.93. The highest BCUT2D eigenvalue weighted by Crippen LogP contribution is 2.61. The van der Waals surface area contributed by atoms with E-state index in [1.807, 2.05) is 30.3 Å². The van der Waals surface area contributed by atoms with Gasteiger partial charge in [0.15, 0.2) is 5.96 Å². The van der Waals surface area contributed by atoms with E-state index in [1.54, 1.807) is 17.0 Å². The number of likely N-dealkylation sites (tertiary alicyclic amines) is 1. The smallest absolute Gasteiger partial charge is 0.261 e. The zero-order valence-corrected chi connectivity index (χ0v) is 26.9. The summed E-state index contributed by atoms with van der Waals surface area (Å²) in [6.07, 6.45) is 6.02. The van der Waals surface area contributed by atoms with Crippen LogP contribution < -0.4 is 10.9 Å². The van der Waals surface area contributed by atoms with E-state index in [4.69, 9.17) is 28.2 Å². The fraction of sp³-hybridized carbons (Fsp3) is 0.559. The van der Waals surface area contributed by atoms with Gasteiger partial charge in [-0.05, 0) is 96.6 Å². The van der Waals surface area contributed by atoms with Gasteiger partial charge in [0.05, 0.1) is 23.3 Å². The summed E-state index contributed by atoms with van der Waals surface area (Å²) in [6.45, 7) is 14.5. The van der Waals surface area contributed by atoms with Crippen LogP contribution in [0, 0.1) is 35.0 Å². The Bertz CT molecular complexity index is 1560. The lowest BCUT2D eigenvalue weighted by atomic mass is 9.45. The Hall–Kier alpha value is -2.57. The van der Waals surface area contributed by atoms with E-state index in [-0.39, 0.29) is 5.56 Å². The molecule has 2 bridgehead atoms. The SMILES string of the molecule is C[C@@H]1C[C@H](C)CN(C(=N[C@H]2C[C@H]3C[C@H]([C@H]2C)C3(C)C)Nc2ccc3c(=O)n(CCc4ccc(Cl)cc4Cl)cnc3c2)C1. The maximum Gasteiger partial charge on any atom is 0.261 e. The number of nitrogens with one attached hydrogen (secondary N) is 1. The number of hydrogen-bond donors (Lipinski definition) is 1. The van der Waals surface area contributed by atoms with Crippen molar-refractivity contribution in [3.05, 3.63) is 68.7 Å². The highest BCUT2D eigenvalue weighted by molar-refractivity contribution is 6.35. The Morgan fingerprint density at radius 1 is 1.05 bits per heavy atom. The zero-order chi connectivity index (χ0) is 29.8. The number of anilines is 1. The molecule has 2 heterocycles. The van der Waals surface area contributed by atoms with Crippen molar-refractivity contribution in [2.75, 3.05) is 18.4 Å². The third kappa shape index (κ3) is 5.69. The second-order valence-electron chi connectivity index (χ2n) is 13.9. The molecule has 42 heavy (non-hydrogen) atoms. The van der Waals surface area contributed by atoms with Crippen LogP contribution in [0.1, 0.15) is 59.4 Å². The van der Waals surface area contributed by atoms with Gasteiger partial charge >= 0.3 is 0 Å². The van der Waals surface area contributed by atoms with Crippen LogP contribution >= 0.6 is 23.2 Å². The molecule has 8 heteroatoms. The lowest BCUT2D eigenvalue weighted by molar-refractivity contribution is -0.108. The molecule has 3 aliphatic carbocycles. The summed E-state index contributed by atoms with van der Waals surface area (Å²) in [7, 11) is 0. The number of nitrogens with zero attached hydrogens (tertiary/aromatic N) is 4. The molecule has 3 aromatic rings. The van der Waals surface area contributed by atoms with Crippen LogP contribution in [0.25, 0.3) is 10.9 Å². The van der Waals surface area contributed by atoms with Crippen LogP contribution in [0.4, 0.5) is 5.69 Å². The Morgan fingerprint density at radius 2 is 1.81 bits per heavy atom. The molecule has 1 saturated heterocycles. The molecule has 4 aliphatic rings. The van der Waals surface area contributed by atoms with Crippen molar-refractivity contribution >= 4 is 45.8 Å². The molecule has 7 rings (SSSR count). The van der Waals surface area contributed by atoms with E-state index in [0.717, 1.165) is 48.6 Å². The molecule has 0 amide bonds. The third-order valence-corrected chi connectivity index (χ3v) is 11.1. The lowest BCUT2D eigenvalue weighted by Crippen LogP contribution is -2.57. The first-order chi connectivity index (χ1) is 20.0. The zero-order valence-electron chi connectivity index (χ0n) is 25.4. The predicted octanol–water partition coefficient (Wildman–Crippen LogP) is 7.76.